The fourth-order valence-corrected chi connectivity index (χ4v) is 1.71. The lowest BCUT2D eigenvalue weighted by Gasteiger charge is -2.32. The molecular formula is C9H15NO2. The Morgan fingerprint density at radius 1 is 1.42 bits per heavy atom. The summed E-state index contributed by atoms with van der Waals surface area (Å²) in [6, 6.07) is -0.247. The first-order valence-corrected chi connectivity index (χ1v) is 4.26. The second kappa shape index (κ2) is 3.35. The van der Waals surface area contributed by atoms with E-state index in [4.69, 9.17) is 0 Å². The molecule has 0 heterocycles. The van der Waals surface area contributed by atoms with Gasteiger partial charge in [0.2, 0.25) is 0 Å². The zero-order chi connectivity index (χ0) is 9.30. The van der Waals surface area contributed by atoms with Crippen molar-refractivity contribution in [1.29, 1.82) is 0 Å². The van der Waals surface area contributed by atoms with Crippen LogP contribution in [0.1, 0.15) is 20.8 Å². The second-order valence-electron chi connectivity index (χ2n) is 3.67. The molecule has 1 aliphatic rings. The third kappa shape index (κ3) is 1.41. The quantitative estimate of drug-likeness (QED) is 0.480. The molecule has 0 saturated carbocycles. The molecule has 4 atom stereocenters. The number of aliphatic hydroxyl groups is 1. The van der Waals surface area contributed by atoms with Gasteiger partial charge in [-0.3, -0.25) is 0 Å². The Labute approximate surface area is 72.5 Å². The van der Waals surface area contributed by atoms with Crippen LogP contribution in [-0.2, 0) is 0 Å². The maximum absolute atomic E-state index is 10.5. The minimum Gasteiger partial charge on any atom is -0.389 e. The predicted molar refractivity (Wildman–Crippen MR) is 47.7 cm³/mol. The number of aliphatic hydroxyl groups excluding tert-OH is 1. The molecule has 0 saturated heterocycles. The summed E-state index contributed by atoms with van der Waals surface area (Å²) < 4.78 is 0. The zero-order valence-electron chi connectivity index (χ0n) is 7.69. The van der Waals surface area contributed by atoms with Crippen molar-refractivity contribution in [1.82, 2.24) is 0 Å². The molecule has 1 aliphatic carbocycles. The summed E-state index contributed by atoms with van der Waals surface area (Å²) in [6.45, 7) is 5.74. The van der Waals surface area contributed by atoms with Gasteiger partial charge in [0.1, 0.15) is 6.04 Å². The van der Waals surface area contributed by atoms with Crippen LogP contribution in [0, 0.1) is 16.7 Å². The van der Waals surface area contributed by atoms with Crippen LogP contribution in [0.5, 0.6) is 0 Å². The highest BCUT2D eigenvalue weighted by molar-refractivity contribution is 5.17. The van der Waals surface area contributed by atoms with Crippen molar-refractivity contribution in [2.45, 2.75) is 32.9 Å². The first kappa shape index (κ1) is 9.39. The molecule has 3 heteroatoms. The van der Waals surface area contributed by atoms with Crippen LogP contribution in [0.2, 0.25) is 0 Å². The van der Waals surface area contributed by atoms with E-state index in [1.165, 1.54) is 0 Å². The molecule has 0 aromatic rings. The van der Waals surface area contributed by atoms with E-state index in [0.717, 1.165) is 5.57 Å². The summed E-state index contributed by atoms with van der Waals surface area (Å²) in [5, 5.41) is 12.6. The third-order valence-corrected chi connectivity index (χ3v) is 2.88. The molecule has 0 aromatic heterocycles. The molecule has 4 unspecified atom stereocenters. The highest BCUT2D eigenvalue weighted by atomic mass is 16.3. The van der Waals surface area contributed by atoms with Gasteiger partial charge >= 0.3 is 0 Å². The number of nitroso groups, excluding NO2 is 1. The highest BCUT2D eigenvalue weighted by Gasteiger charge is 2.33. The van der Waals surface area contributed by atoms with E-state index in [1.54, 1.807) is 6.08 Å². The molecule has 0 aromatic carbocycles. The van der Waals surface area contributed by atoms with Crippen molar-refractivity contribution in [3.05, 3.63) is 16.6 Å². The van der Waals surface area contributed by atoms with Crippen molar-refractivity contribution in [3.63, 3.8) is 0 Å². The Kier molecular flexibility index (Phi) is 2.62. The van der Waals surface area contributed by atoms with Crippen LogP contribution in [0.15, 0.2) is 16.8 Å². The molecule has 1 N–H and O–H groups in total. The van der Waals surface area contributed by atoms with Gasteiger partial charge in [-0.1, -0.05) is 25.1 Å². The molecule has 0 radical (unpaired) electrons. The van der Waals surface area contributed by atoms with Gasteiger partial charge in [-0.15, -0.1) is 0 Å². The maximum Gasteiger partial charge on any atom is 0.116 e. The van der Waals surface area contributed by atoms with E-state index in [1.807, 2.05) is 20.8 Å². The summed E-state index contributed by atoms with van der Waals surface area (Å²) in [7, 11) is 0. The smallest absolute Gasteiger partial charge is 0.116 e. The van der Waals surface area contributed by atoms with Crippen molar-refractivity contribution in [3.8, 4) is 0 Å². The van der Waals surface area contributed by atoms with E-state index in [-0.39, 0.29) is 17.9 Å². The van der Waals surface area contributed by atoms with E-state index < -0.39 is 6.10 Å². The lowest BCUT2D eigenvalue weighted by molar-refractivity contribution is 0.110. The van der Waals surface area contributed by atoms with Crippen LogP contribution < -0.4 is 0 Å². The minimum atomic E-state index is -0.419. The SMILES string of the molecule is CC1=CC(O)C(C)C(C)C1N=O. The number of hydrogen-bond donors (Lipinski definition) is 1. The predicted octanol–water partition coefficient (Wildman–Crippen LogP) is 1.71. The molecule has 3 nitrogen and oxygen atoms in total. The minimum absolute atomic E-state index is 0.122. The largest absolute Gasteiger partial charge is 0.389 e. The Morgan fingerprint density at radius 3 is 2.50 bits per heavy atom. The van der Waals surface area contributed by atoms with Gasteiger partial charge in [0, 0.05) is 0 Å². The van der Waals surface area contributed by atoms with Crippen LogP contribution in [-0.4, -0.2) is 17.3 Å². The molecular weight excluding hydrogens is 154 g/mol. The molecule has 68 valence electrons. The highest BCUT2D eigenvalue weighted by Crippen LogP contribution is 2.31. The zero-order valence-corrected chi connectivity index (χ0v) is 7.69. The third-order valence-electron chi connectivity index (χ3n) is 2.88. The number of hydrogen-bond acceptors (Lipinski definition) is 3. The maximum atomic E-state index is 10.5. The van der Waals surface area contributed by atoms with Crippen LogP contribution >= 0.6 is 0 Å². The summed E-state index contributed by atoms with van der Waals surface area (Å²) in [5.74, 6) is 0.263. The van der Waals surface area contributed by atoms with Gasteiger partial charge in [0.15, 0.2) is 0 Å². The summed E-state index contributed by atoms with van der Waals surface area (Å²) >= 11 is 0. The van der Waals surface area contributed by atoms with Gasteiger partial charge in [-0.2, -0.15) is 4.91 Å². The lowest BCUT2D eigenvalue weighted by Crippen LogP contribution is -2.35. The molecule has 0 spiro atoms. The number of rotatable bonds is 1. The molecule has 12 heavy (non-hydrogen) atoms. The van der Waals surface area contributed by atoms with E-state index in [0.29, 0.717) is 0 Å². The van der Waals surface area contributed by atoms with Crippen LogP contribution in [0.25, 0.3) is 0 Å². The van der Waals surface area contributed by atoms with E-state index in [9.17, 15) is 10.0 Å². The summed E-state index contributed by atoms with van der Waals surface area (Å²) in [5.41, 5.74) is 0.892. The Hall–Kier alpha value is -0.700. The summed E-state index contributed by atoms with van der Waals surface area (Å²) in [6.07, 6.45) is 1.31. The van der Waals surface area contributed by atoms with Crippen LogP contribution in [0.4, 0.5) is 0 Å². The van der Waals surface area contributed by atoms with Gasteiger partial charge in [0.25, 0.3) is 0 Å². The first-order chi connectivity index (χ1) is 5.57. The summed E-state index contributed by atoms with van der Waals surface area (Å²) in [4.78, 5) is 10.5. The Morgan fingerprint density at radius 2 is 2.00 bits per heavy atom. The lowest BCUT2D eigenvalue weighted by atomic mass is 9.77. The molecule has 0 bridgehead atoms. The standard InChI is InChI=1S/C9H15NO2/c1-5-4-8(11)6(2)7(3)9(5)10-12/h4,6-9,11H,1-3H3. The van der Waals surface area contributed by atoms with Gasteiger partial charge in [-0.05, 0) is 24.3 Å². The molecule has 0 fully saturated rings. The monoisotopic (exact) mass is 169 g/mol. The van der Waals surface area contributed by atoms with Crippen molar-refractivity contribution in [2.75, 3.05) is 0 Å². The topological polar surface area (TPSA) is 49.7 Å². The van der Waals surface area contributed by atoms with Gasteiger partial charge in [0.05, 0.1) is 6.10 Å². The molecule has 0 amide bonds. The second-order valence-corrected chi connectivity index (χ2v) is 3.67. The average molecular weight is 169 g/mol. The van der Waals surface area contributed by atoms with Crippen LogP contribution in [0.3, 0.4) is 0 Å². The number of nitrogens with zero attached hydrogens (tertiary/aromatic N) is 1. The first-order valence-electron chi connectivity index (χ1n) is 4.26. The Bertz CT molecular complexity index is 213. The fraction of sp³-hybridized carbons (Fsp3) is 0.778. The van der Waals surface area contributed by atoms with Crippen molar-refractivity contribution < 1.29 is 5.11 Å². The molecule has 0 aliphatic heterocycles. The van der Waals surface area contributed by atoms with Crippen molar-refractivity contribution in [2.24, 2.45) is 17.0 Å². The van der Waals surface area contributed by atoms with Gasteiger partial charge < -0.3 is 5.11 Å². The Balaban J connectivity index is 2.91. The van der Waals surface area contributed by atoms with E-state index in [2.05, 4.69) is 5.18 Å². The van der Waals surface area contributed by atoms with Gasteiger partial charge in [-0.25, -0.2) is 0 Å². The normalized spacial score (nSPS) is 42.2. The van der Waals surface area contributed by atoms with E-state index >= 15 is 0 Å². The molecule has 1 rings (SSSR count). The fourth-order valence-electron chi connectivity index (χ4n) is 1.71. The average Bonchev–Trinajstić information content (AvgIpc) is 2.01. The van der Waals surface area contributed by atoms with Crippen molar-refractivity contribution >= 4 is 0 Å².